The third-order valence-corrected chi connectivity index (χ3v) is 6.28. The van der Waals surface area contributed by atoms with Crippen LogP contribution in [0, 0.1) is 6.92 Å². The first-order valence-corrected chi connectivity index (χ1v) is 9.91. The summed E-state index contributed by atoms with van der Waals surface area (Å²) in [6.45, 7) is 4.11. The molecule has 5 rings (SSSR count). The minimum absolute atomic E-state index is 0.0765. The molecule has 0 saturated carbocycles. The lowest BCUT2D eigenvalue weighted by Gasteiger charge is -2.21. The number of carbonyl (C=O) groups excluding carboxylic acids is 1. The van der Waals surface area contributed by atoms with Gasteiger partial charge in [-0.3, -0.25) is 4.79 Å². The number of rotatable bonds is 2. The molecule has 1 unspecified atom stereocenters. The zero-order chi connectivity index (χ0) is 18.5. The van der Waals surface area contributed by atoms with Gasteiger partial charge < -0.3 is 4.90 Å². The topological polar surface area (TPSA) is 38.1 Å². The van der Waals surface area contributed by atoms with Crippen molar-refractivity contribution in [3.05, 3.63) is 76.8 Å². The first-order chi connectivity index (χ1) is 13.1. The Hall–Kier alpha value is -2.92. The monoisotopic (exact) mass is 373 g/mol. The lowest BCUT2D eigenvalue weighted by Crippen LogP contribution is -2.35. The standard InChI is InChI=1S/C22H19N3OS/c1-14-12-16-8-6-7-11-19(16)24(14)21(26)20-13-18-15(2)23-25(22(18)27-20)17-9-4-3-5-10-17/h3-11,13-14H,12H2,1-2H3. The molecular formula is C22H19N3OS. The van der Waals surface area contributed by atoms with Gasteiger partial charge in [-0.15, -0.1) is 11.3 Å². The molecule has 0 fully saturated rings. The molecule has 27 heavy (non-hydrogen) atoms. The van der Waals surface area contributed by atoms with Crippen LogP contribution in [0.5, 0.6) is 0 Å². The highest BCUT2D eigenvalue weighted by molar-refractivity contribution is 7.20. The second-order valence-corrected chi connectivity index (χ2v) is 8.05. The molecule has 2 aromatic carbocycles. The van der Waals surface area contributed by atoms with Gasteiger partial charge in [-0.25, -0.2) is 4.68 Å². The average molecular weight is 373 g/mol. The molecule has 1 atom stereocenters. The number of hydrogen-bond acceptors (Lipinski definition) is 3. The van der Waals surface area contributed by atoms with Crippen LogP contribution in [0.2, 0.25) is 0 Å². The number of fused-ring (bicyclic) bond motifs is 2. The van der Waals surface area contributed by atoms with Crippen LogP contribution in [0.25, 0.3) is 15.9 Å². The maximum atomic E-state index is 13.4. The number of aromatic nitrogens is 2. The van der Waals surface area contributed by atoms with Crippen LogP contribution in [0.3, 0.4) is 0 Å². The molecule has 4 nitrogen and oxygen atoms in total. The number of benzene rings is 2. The van der Waals surface area contributed by atoms with Crippen molar-refractivity contribution in [2.24, 2.45) is 0 Å². The largest absolute Gasteiger partial charge is 0.304 e. The molecule has 0 bridgehead atoms. The summed E-state index contributed by atoms with van der Waals surface area (Å²) in [6, 6.07) is 20.4. The van der Waals surface area contributed by atoms with Crippen LogP contribution in [0.4, 0.5) is 5.69 Å². The zero-order valence-corrected chi connectivity index (χ0v) is 16.0. The molecule has 0 N–H and O–H groups in total. The van der Waals surface area contributed by atoms with E-state index in [0.717, 1.165) is 38.6 Å². The van der Waals surface area contributed by atoms with E-state index >= 15 is 0 Å². The quantitative estimate of drug-likeness (QED) is 0.497. The number of thiophene rings is 1. The van der Waals surface area contributed by atoms with E-state index in [1.165, 1.54) is 16.9 Å². The molecule has 4 aromatic rings. The maximum Gasteiger partial charge on any atom is 0.268 e. The molecule has 5 heteroatoms. The van der Waals surface area contributed by atoms with Crippen LogP contribution in [-0.2, 0) is 6.42 Å². The lowest BCUT2D eigenvalue weighted by molar-refractivity contribution is 0.0985. The van der Waals surface area contributed by atoms with Gasteiger partial charge >= 0.3 is 0 Å². The molecule has 1 amide bonds. The van der Waals surface area contributed by atoms with Crippen molar-refractivity contribution in [2.75, 3.05) is 4.90 Å². The summed E-state index contributed by atoms with van der Waals surface area (Å²) < 4.78 is 1.94. The summed E-state index contributed by atoms with van der Waals surface area (Å²) in [7, 11) is 0. The van der Waals surface area contributed by atoms with Crippen LogP contribution < -0.4 is 4.90 Å². The highest BCUT2D eigenvalue weighted by Crippen LogP contribution is 2.36. The van der Waals surface area contributed by atoms with Crippen molar-refractivity contribution in [3.63, 3.8) is 0 Å². The first kappa shape index (κ1) is 16.3. The SMILES string of the molecule is Cc1nn(-c2ccccc2)c2sc(C(=O)N3c4ccccc4CC3C)cc12. The molecule has 1 aliphatic rings. The second kappa shape index (κ2) is 6.06. The smallest absolute Gasteiger partial charge is 0.268 e. The van der Waals surface area contributed by atoms with Gasteiger partial charge in [0.05, 0.1) is 16.3 Å². The number of para-hydroxylation sites is 2. The first-order valence-electron chi connectivity index (χ1n) is 9.09. The highest BCUT2D eigenvalue weighted by Gasteiger charge is 2.32. The molecule has 0 aliphatic carbocycles. The Morgan fingerprint density at radius 3 is 2.67 bits per heavy atom. The van der Waals surface area contributed by atoms with E-state index in [2.05, 4.69) is 18.1 Å². The van der Waals surface area contributed by atoms with Gasteiger partial charge in [0.2, 0.25) is 0 Å². The Kier molecular flexibility index (Phi) is 3.65. The average Bonchev–Trinajstić information content (AvgIpc) is 3.34. The predicted molar refractivity (Wildman–Crippen MR) is 110 cm³/mol. The Bertz CT molecular complexity index is 1160. The van der Waals surface area contributed by atoms with Gasteiger partial charge in [0, 0.05) is 17.1 Å². The number of hydrogen-bond donors (Lipinski definition) is 0. The summed E-state index contributed by atoms with van der Waals surface area (Å²) in [6.07, 6.45) is 0.906. The van der Waals surface area contributed by atoms with Gasteiger partial charge in [0.15, 0.2) is 0 Å². The fraction of sp³-hybridized carbons (Fsp3) is 0.182. The summed E-state index contributed by atoms with van der Waals surface area (Å²) in [5, 5.41) is 5.72. The normalized spacial score (nSPS) is 16.1. The number of anilines is 1. The van der Waals surface area contributed by atoms with Crippen LogP contribution in [-0.4, -0.2) is 21.7 Å². The molecule has 0 spiro atoms. The maximum absolute atomic E-state index is 13.4. The Labute approximate surface area is 161 Å². The molecule has 1 aliphatic heterocycles. The van der Waals surface area contributed by atoms with Crippen molar-refractivity contribution in [1.82, 2.24) is 9.78 Å². The molecule has 134 valence electrons. The zero-order valence-electron chi connectivity index (χ0n) is 15.2. The molecule has 0 saturated heterocycles. The minimum Gasteiger partial charge on any atom is -0.304 e. The van der Waals surface area contributed by atoms with Gasteiger partial charge in [0.25, 0.3) is 5.91 Å². The summed E-state index contributed by atoms with van der Waals surface area (Å²) in [5.74, 6) is 0.0765. The van der Waals surface area contributed by atoms with Gasteiger partial charge in [-0.1, -0.05) is 36.4 Å². The van der Waals surface area contributed by atoms with Crippen molar-refractivity contribution in [1.29, 1.82) is 0 Å². The van der Waals surface area contributed by atoms with E-state index in [1.54, 1.807) is 0 Å². The number of aryl methyl sites for hydroxylation is 1. The van der Waals surface area contributed by atoms with Crippen LogP contribution in [0.1, 0.15) is 27.9 Å². The van der Waals surface area contributed by atoms with Crippen molar-refractivity contribution < 1.29 is 4.79 Å². The lowest BCUT2D eigenvalue weighted by atomic mass is 10.1. The van der Waals surface area contributed by atoms with E-state index in [9.17, 15) is 4.79 Å². The second-order valence-electron chi connectivity index (χ2n) is 7.02. The van der Waals surface area contributed by atoms with E-state index in [-0.39, 0.29) is 11.9 Å². The molecule has 3 heterocycles. The summed E-state index contributed by atoms with van der Waals surface area (Å²) in [5.41, 5.74) is 4.23. The van der Waals surface area contributed by atoms with Crippen molar-refractivity contribution >= 4 is 33.1 Å². The fourth-order valence-electron chi connectivity index (χ4n) is 3.89. The van der Waals surface area contributed by atoms with Gasteiger partial charge in [-0.2, -0.15) is 5.10 Å². The number of nitrogens with zero attached hydrogens (tertiary/aromatic N) is 3. The van der Waals surface area contributed by atoms with E-state index < -0.39 is 0 Å². The number of carbonyl (C=O) groups is 1. The third-order valence-electron chi connectivity index (χ3n) is 5.18. The van der Waals surface area contributed by atoms with Crippen LogP contribution in [0.15, 0.2) is 60.7 Å². The summed E-state index contributed by atoms with van der Waals surface area (Å²) in [4.78, 5) is 17.1. The molecular weight excluding hydrogens is 354 g/mol. The van der Waals surface area contributed by atoms with Crippen molar-refractivity contribution in [2.45, 2.75) is 26.3 Å². The van der Waals surface area contributed by atoms with E-state index in [1.807, 2.05) is 71.1 Å². The summed E-state index contributed by atoms with van der Waals surface area (Å²) >= 11 is 1.52. The molecule has 0 radical (unpaired) electrons. The predicted octanol–water partition coefficient (Wildman–Crippen LogP) is 4.99. The highest BCUT2D eigenvalue weighted by atomic mass is 32.1. The van der Waals surface area contributed by atoms with Crippen LogP contribution >= 0.6 is 11.3 Å². The van der Waals surface area contributed by atoms with Crippen molar-refractivity contribution in [3.8, 4) is 5.69 Å². The third kappa shape index (κ3) is 2.50. The van der Waals surface area contributed by atoms with E-state index in [0.29, 0.717) is 0 Å². The Morgan fingerprint density at radius 1 is 1.11 bits per heavy atom. The Morgan fingerprint density at radius 2 is 1.85 bits per heavy atom. The molecule has 2 aromatic heterocycles. The minimum atomic E-state index is 0.0765. The van der Waals surface area contributed by atoms with E-state index in [4.69, 9.17) is 0 Å². The van der Waals surface area contributed by atoms with Gasteiger partial charge in [0.1, 0.15) is 4.83 Å². The fourth-order valence-corrected chi connectivity index (χ4v) is 5.01. The Balaban J connectivity index is 1.59. The van der Waals surface area contributed by atoms with Gasteiger partial charge in [-0.05, 0) is 50.1 Å². The number of amides is 1.